The van der Waals surface area contributed by atoms with E-state index < -0.39 is 0 Å². The van der Waals surface area contributed by atoms with Crippen molar-refractivity contribution >= 4 is 16.3 Å². The van der Waals surface area contributed by atoms with Gasteiger partial charge in [-0.2, -0.15) is 0 Å². The van der Waals surface area contributed by atoms with Gasteiger partial charge in [-0.15, -0.1) is 0 Å². The lowest BCUT2D eigenvalue weighted by Gasteiger charge is -2.42. The fourth-order valence-corrected chi connectivity index (χ4v) is 7.92. The number of hydrogen-bond acceptors (Lipinski definition) is 1. The minimum atomic E-state index is 0.565. The molecule has 3 aliphatic carbocycles. The maximum absolute atomic E-state index is 4.51. The first-order valence-corrected chi connectivity index (χ1v) is 15.7. The lowest BCUT2D eigenvalue weighted by Crippen LogP contribution is -2.31. The summed E-state index contributed by atoms with van der Waals surface area (Å²) in [4.78, 5) is 4.51. The molecule has 0 fully saturated rings. The molecule has 3 atom stereocenters. The molecule has 7 rings (SSSR count). The summed E-state index contributed by atoms with van der Waals surface area (Å²) in [6.45, 7) is 4.59. The smallest absolute Gasteiger partial charge is 0.0352 e. The molecule has 3 aromatic carbocycles. The Labute approximate surface area is 250 Å². The second kappa shape index (κ2) is 11.6. The van der Waals surface area contributed by atoms with Crippen molar-refractivity contribution in [2.45, 2.75) is 46.0 Å². The third-order valence-corrected chi connectivity index (χ3v) is 9.73. The molecule has 0 amide bonds. The van der Waals surface area contributed by atoms with Crippen molar-refractivity contribution in [2.24, 2.45) is 17.8 Å². The normalized spacial score (nSPS) is 22.3. The van der Waals surface area contributed by atoms with Crippen LogP contribution in [0.25, 0.3) is 38.6 Å². The molecule has 0 saturated carbocycles. The number of rotatable bonds is 5. The Morgan fingerprint density at radius 2 is 1.57 bits per heavy atom. The Bertz CT molecular complexity index is 1780. The first kappa shape index (κ1) is 26.7. The molecule has 42 heavy (non-hydrogen) atoms. The van der Waals surface area contributed by atoms with Crippen LogP contribution in [0.3, 0.4) is 0 Å². The Hall–Kier alpha value is -4.23. The van der Waals surface area contributed by atoms with E-state index in [1.165, 1.54) is 87.4 Å². The van der Waals surface area contributed by atoms with E-state index in [-0.39, 0.29) is 0 Å². The molecule has 4 aromatic rings. The molecule has 1 heterocycles. The van der Waals surface area contributed by atoms with Crippen LogP contribution in [0.15, 0.2) is 138 Å². The molecular formula is C41H39N. The van der Waals surface area contributed by atoms with Crippen molar-refractivity contribution in [1.82, 2.24) is 4.98 Å². The van der Waals surface area contributed by atoms with Gasteiger partial charge in [0.2, 0.25) is 0 Å². The number of nitrogens with zero attached hydrogens (tertiary/aromatic N) is 1. The summed E-state index contributed by atoms with van der Waals surface area (Å²) < 4.78 is 0. The average molecular weight is 546 g/mol. The minimum absolute atomic E-state index is 0.565. The molecule has 1 aromatic heterocycles. The third-order valence-electron chi connectivity index (χ3n) is 9.73. The maximum atomic E-state index is 4.51. The van der Waals surface area contributed by atoms with Gasteiger partial charge >= 0.3 is 0 Å². The first-order chi connectivity index (χ1) is 20.8. The molecule has 0 N–H and O–H groups in total. The zero-order valence-corrected chi connectivity index (χ0v) is 24.8. The summed E-state index contributed by atoms with van der Waals surface area (Å²) in [7, 11) is 0. The lowest BCUT2D eigenvalue weighted by atomic mass is 9.62. The third kappa shape index (κ3) is 4.62. The molecule has 0 spiro atoms. The van der Waals surface area contributed by atoms with Gasteiger partial charge in [0.05, 0.1) is 0 Å². The van der Waals surface area contributed by atoms with Crippen molar-refractivity contribution in [1.29, 1.82) is 0 Å². The summed E-state index contributed by atoms with van der Waals surface area (Å²) in [6, 6.07) is 26.6. The van der Waals surface area contributed by atoms with Crippen LogP contribution in [0, 0.1) is 17.8 Å². The van der Waals surface area contributed by atoms with Crippen LogP contribution >= 0.6 is 0 Å². The zero-order chi connectivity index (χ0) is 28.5. The van der Waals surface area contributed by atoms with E-state index in [0.717, 1.165) is 0 Å². The monoisotopic (exact) mass is 545 g/mol. The Morgan fingerprint density at radius 3 is 2.36 bits per heavy atom. The van der Waals surface area contributed by atoms with Gasteiger partial charge in [0.1, 0.15) is 0 Å². The highest BCUT2D eigenvalue weighted by Crippen LogP contribution is 2.52. The predicted octanol–water partition coefficient (Wildman–Crippen LogP) is 11.2. The average Bonchev–Trinajstić information content (AvgIpc) is 3.06. The van der Waals surface area contributed by atoms with Gasteiger partial charge in [-0.1, -0.05) is 109 Å². The molecular weight excluding hydrogens is 506 g/mol. The second-order valence-corrected chi connectivity index (χ2v) is 12.1. The van der Waals surface area contributed by atoms with Gasteiger partial charge < -0.3 is 0 Å². The standard InChI is InChI=1S/C41H39N/c1-3-14-31-28(2)40(30-17-8-5-9-18-30)37-19-10-11-20-38(37)41(31)36-24-13-22-32-33(21-12-23-34(32)36)35-25-26-42-27-39(35)29-15-6-4-7-16-29/h3-4,6-8,11-17,20-27,30,37,40H,5,9-10,18-19H2,1-2H3/b14-3-. The molecule has 1 heteroatoms. The fourth-order valence-electron chi connectivity index (χ4n) is 7.92. The van der Waals surface area contributed by atoms with Crippen molar-refractivity contribution in [2.75, 3.05) is 0 Å². The van der Waals surface area contributed by atoms with Gasteiger partial charge in [-0.05, 0) is 120 Å². The summed E-state index contributed by atoms with van der Waals surface area (Å²) in [5.74, 6) is 1.77. The Balaban J connectivity index is 1.45. The molecule has 208 valence electrons. The molecule has 3 aliphatic rings. The van der Waals surface area contributed by atoms with Crippen molar-refractivity contribution in [3.8, 4) is 22.3 Å². The largest absolute Gasteiger partial charge is 0.264 e. The Morgan fingerprint density at radius 1 is 0.762 bits per heavy atom. The topological polar surface area (TPSA) is 12.9 Å². The summed E-state index contributed by atoms with van der Waals surface area (Å²) in [5.41, 5.74) is 12.1. The van der Waals surface area contributed by atoms with Crippen LogP contribution in [0.2, 0.25) is 0 Å². The van der Waals surface area contributed by atoms with E-state index in [2.05, 4.69) is 128 Å². The van der Waals surface area contributed by atoms with E-state index in [9.17, 15) is 0 Å². The van der Waals surface area contributed by atoms with Crippen LogP contribution in [-0.4, -0.2) is 4.98 Å². The summed E-state index contributed by atoms with van der Waals surface area (Å²) in [6.07, 6.45) is 24.6. The SMILES string of the molecule is C/C=C\C1=C(C)C(C2C=CCCC2)C2CCC=CC2=C1c1cccc2c(-c3ccncc3-c3ccccc3)cccc12. The van der Waals surface area contributed by atoms with E-state index in [0.29, 0.717) is 17.8 Å². The zero-order valence-electron chi connectivity index (χ0n) is 24.8. The van der Waals surface area contributed by atoms with Gasteiger partial charge in [0.15, 0.2) is 0 Å². The molecule has 0 aliphatic heterocycles. The lowest BCUT2D eigenvalue weighted by molar-refractivity contribution is 0.299. The van der Waals surface area contributed by atoms with Crippen LogP contribution in [-0.2, 0) is 0 Å². The summed E-state index contributed by atoms with van der Waals surface area (Å²) >= 11 is 0. The number of fused-ring (bicyclic) bond motifs is 2. The first-order valence-electron chi connectivity index (χ1n) is 15.7. The Kier molecular flexibility index (Phi) is 7.34. The molecule has 0 saturated heterocycles. The van der Waals surface area contributed by atoms with Gasteiger partial charge in [0, 0.05) is 18.0 Å². The van der Waals surface area contributed by atoms with E-state index >= 15 is 0 Å². The minimum Gasteiger partial charge on any atom is -0.264 e. The highest BCUT2D eigenvalue weighted by molar-refractivity contribution is 6.07. The van der Waals surface area contributed by atoms with E-state index in [1.807, 2.05) is 12.4 Å². The van der Waals surface area contributed by atoms with Crippen LogP contribution in [0.5, 0.6) is 0 Å². The molecule has 0 bridgehead atoms. The number of allylic oxidation sites excluding steroid dienone is 10. The van der Waals surface area contributed by atoms with Crippen LogP contribution < -0.4 is 0 Å². The number of hydrogen-bond donors (Lipinski definition) is 0. The highest BCUT2D eigenvalue weighted by Gasteiger charge is 2.39. The summed E-state index contributed by atoms with van der Waals surface area (Å²) in [5, 5.41) is 2.61. The highest BCUT2D eigenvalue weighted by atomic mass is 14.6. The number of pyridine rings is 1. The number of aromatic nitrogens is 1. The predicted molar refractivity (Wildman–Crippen MR) is 179 cm³/mol. The van der Waals surface area contributed by atoms with Gasteiger partial charge in [-0.25, -0.2) is 0 Å². The van der Waals surface area contributed by atoms with Gasteiger partial charge in [-0.3, -0.25) is 4.98 Å². The molecule has 1 nitrogen and oxygen atoms in total. The van der Waals surface area contributed by atoms with Crippen molar-refractivity contribution in [3.63, 3.8) is 0 Å². The quantitative estimate of drug-likeness (QED) is 0.227. The molecule has 3 unspecified atom stereocenters. The van der Waals surface area contributed by atoms with Gasteiger partial charge in [0.25, 0.3) is 0 Å². The van der Waals surface area contributed by atoms with Crippen molar-refractivity contribution < 1.29 is 0 Å². The van der Waals surface area contributed by atoms with Crippen LogP contribution in [0.4, 0.5) is 0 Å². The number of benzene rings is 3. The fraction of sp³-hybridized carbons (Fsp3) is 0.244. The maximum Gasteiger partial charge on any atom is 0.0352 e. The molecule has 0 radical (unpaired) electrons. The van der Waals surface area contributed by atoms with Crippen molar-refractivity contribution in [3.05, 3.63) is 144 Å². The van der Waals surface area contributed by atoms with E-state index in [1.54, 1.807) is 5.57 Å². The van der Waals surface area contributed by atoms with Crippen LogP contribution in [0.1, 0.15) is 51.5 Å². The second-order valence-electron chi connectivity index (χ2n) is 12.1. The van der Waals surface area contributed by atoms with E-state index in [4.69, 9.17) is 0 Å².